The van der Waals surface area contributed by atoms with E-state index < -0.39 is 12.0 Å². The number of carbonyl (C=O) groups excluding carboxylic acids is 1. The van der Waals surface area contributed by atoms with Gasteiger partial charge >= 0.3 is 0 Å². The first-order valence-electron chi connectivity index (χ1n) is 17.6. The fourth-order valence-corrected chi connectivity index (χ4v) is 9.23. The van der Waals surface area contributed by atoms with Gasteiger partial charge in [-0.2, -0.15) is 0 Å². The van der Waals surface area contributed by atoms with Crippen LogP contribution in [-0.4, -0.2) is 44.2 Å². The Hall–Kier alpha value is -4.73. The van der Waals surface area contributed by atoms with Crippen molar-refractivity contribution in [3.05, 3.63) is 107 Å². The van der Waals surface area contributed by atoms with Gasteiger partial charge in [-0.05, 0) is 121 Å². The van der Waals surface area contributed by atoms with Crippen molar-refractivity contribution in [1.29, 1.82) is 0 Å². The summed E-state index contributed by atoms with van der Waals surface area (Å²) in [5, 5.41) is 54.6. The second-order valence-electron chi connectivity index (χ2n) is 14.3. The third kappa shape index (κ3) is 6.60. The quantitative estimate of drug-likeness (QED) is 0.0776. The molecule has 8 rings (SSSR count). The number of nitrogens with two attached hydrogens (primary N) is 1. The Kier molecular flexibility index (Phi) is 9.62. The summed E-state index contributed by atoms with van der Waals surface area (Å²) in [6.45, 7) is 0.0153. The Morgan fingerprint density at radius 2 is 1.62 bits per heavy atom. The van der Waals surface area contributed by atoms with Crippen LogP contribution < -0.4 is 15.2 Å². The Morgan fingerprint density at radius 3 is 2.40 bits per heavy atom. The van der Waals surface area contributed by atoms with Crippen LogP contribution in [0.15, 0.2) is 78.9 Å². The molecule has 4 aromatic rings. The van der Waals surface area contributed by atoms with E-state index in [1.807, 2.05) is 24.3 Å². The zero-order chi connectivity index (χ0) is 34.9. The minimum absolute atomic E-state index is 0.00707. The molecule has 9 heteroatoms. The highest BCUT2D eigenvalue weighted by Crippen LogP contribution is 2.63. The third-order valence-electron chi connectivity index (χ3n) is 11.3. The van der Waals surface area contributed by atoms with Crippen LogP contribution in [0.5, 0.6) is 34.5 Å². The van der Waals surface area contributed by atoms with Crippen LogP contribution in [0.25, 0.3) is 0 Å². The summed E-state index contributed by atoms with van der Waals surface area (Å²) >= 11 is 0. The fraction of sp³-hybridized carbons (Fsp3) is 0.390. The second-order valence-corrected chi connectivity index (χ2v) is 14.3. The number of phenolic OH excluding ortho intramolecular Hbond substituents is 4. The third-order valence-corrected chi connectivity index (χ3v) is 11.3. The van der Waals surface area contributed by atoms with Crippen molar-refractivity contribution < 1.29 is 39.8 Å². The number of hydrogen-bond acceptors (Lipinski definition) is 9. The van der Waals surface area contributed by atoms with E-state index in [9.17, 15) is 30.3 Å². The summed E-state index contributed by atoms with van der Waals surface area (Å²) in [4.78, 5) is 13.9. The molecular formula is C41H45NO8. The highest BCUT2D eigenvalue weighted by atomic mass is 16.5. The number of carbonyl (C=O) groups is 1. The first-order valence-corrected chi connectivity index (χ1v) is 17.6. The van der Waals surface area contributed by atoms with Gasteiger partial charge < -0.3 is 35.0 Å². The lowest BCUT2D eigenvalue weighted by molar-refractivity contribution is -0.132. The molecule has 0 saturated heterocycles. The van der Waals surface area contributed by atoms with Crippen molar-refractivity contribution in [3.8, 4) is 34.5 Å². The molecule has 7 N–H and O–H groups in total. The number of aliphatic hydroxyl groups is 1. The molecule has 4 aliphatic rings. The van der Waals surface area contributed by atoms with Crippen LogP contribution in [0.4, 0.5) is 0 Å². The maximum Gasteiger partial charge on any atom is 0.200 e. The van der Waals surface area contributed by atoms with Gasteiger partial charge in [0, 0.05) is 17.9 Å². The SMILES string of the molecule is NCOc1cc(CCC(=O)[C@@H]2CC[C@H]3C[C@H]4C[C@H](Cc5ccccc5)[C@H](c5cc(O)c(O)c(OCc6cccc(O)c6)c54)[C@@H]3[C@H]2O)ccc1O. The molecule has 2 saturated carbocycles. The number of ketones is 1. The minimum Gasteiger partial charge on any atom is -0.508 e. The number of aryl methyl sites for hydroxylation is 1. The Balaban J connectivity index is 1.21. The van der Waals surface area contributed by atoms with Crippen LogP contribution in [0.2, 0.25) is 0 Å². The van der Waals surface area contributed by atoms with Gasteiger partial charge in [-0.15, -0.1) is 0 Å². The molecule has 0 heterocycles. The van der Waals surface area contributed by atoms with Gasteiger partial charge in [-0.1, -0.05) is 48.5 Å². The molecule has 2 fully saturated rings. The number of benzene rings is 4. The molecule has 0 aromatic heterocycles. The molecule has 0 unspecified atom stereocenters. The second kappa shape index (κ2) is 14.2. The lowest BCUT2D eigenvalue weighted by atomic mass is 9.60. The van der Waals surface area contributed by atoms with E-state index in [1.54, 1.807) is 36.4 Å². The summed E-state index contributed by atoms with van der Waals surface area (Å²) in [5.74, 6) is -0.573. The lowest BCUT2D eigenvalue weighted by Crippen LogP contribution is -2.46. The number of Topliss-reactive ketones (excluding diaryl/α,β-unsaturated/α-hetero) is 1. The number of fused-ring (bicyclic) bond motifs is 1. The summed E-state index contributed by atoms with van der Waals surface area (Å²) in [7, 11) is 0. The van der Waals surface area contributed by atoms with E-state index in [-0.39, 0.29) is 89.6 Å². The topological polar surface area (TPSA) is 163 Å². The van der Waals surface area contributed by atoms with Gasteiger partial charge in [0.25, 0.3) is 0 Å². The first-order chi connectivity index (χ1) is 24.2. The monoisotopic (exact) mass is 679 g/mol. The smallest absolute Gasteiger partial charge is 0.200 e. The molecular weight excluding hydrogens is 634 g/mol. The predicted molar refractivity (Wildman–Crippen MR) is 187 cm³/mol. The summed E-state index contributed by atoms with van der Waals surface area (Å²) in [6.07, 6.45) is 3.58. The number of ether oxygens (including phenoxy) is 2. The van der Waals surface area contributed by atoms with E-state index in [4.69, 9.17) is 15.2 Å². The van der Waals surface area contributed by atoms with Crippen LogP contribution >= 0.6 is 0 Å². The molecule has 0 spiro atoms. The molecule has 262 valence electrons. The Morgan fingerprint density at radius 1 is 0.820 bits per heavy atom. The Bertz CT molecular complexity index is 1840. The van der Waals surface area contributed by atoms with Crippen molar-refractivity contribution in [2.24, 2.45) is 29.4 Å². The summed E-state index contributed by atoms with van der Waals surface area (Å²) in [5.41, 5.74) is 10.0. The van der Waals surface area contributed by atoms with Crippen molar-refractivity contribution in [2.75, 3.05) is 6.73 Å². The van der Waals surface area contributed by atoms with E-state index >= 15 is 0 Å². The number of rotatable bonds is 11. The van der Waals surface area contributed by atoms with E-state index in [2.05, 4.69) is 12.1 Å². The molecule has 50 heavy (non-hydrogen) atoms. The Labute approximate surface area is 291 Å². The first kappa shape index (κ1) is 33.8. The van der Waals surface area contributed by atoms with Gasteiger partial charge in [-0.25, -0.2) is 0 Å². The van der Waals surface area contributed by atoms with Gasteiger partial charge in [0.2, 0.25) is 5.75 Å². The van der Waals surface area contributed by atoms with Gasteiger partial charge in [-0.3, -0.25) is 10.5 Å². The molecule has 7 atom stereocenters. The van der Waals surface area contributed by atoms with Crippen molar-refractivity contribution >= 4 is 5.78 Å². The van der Waals surface area contributed by atoms with E-state index in [0.717, 1.165) is 47.9 Å². The normalized spacial score (nSPS) is 25.3. The predicted octanol–water partition coefficient (Wildman–Crippen LogP) is 6.42. The zero-order valence-electron chi connectivity index (χ0n) is 27.9. The minimum atomic E-state index is -0.877. The van der Waals surface area contributed by atoms with Crippen LogP contribution in [0.1, 0.15) is 71.8 Å². The highest BCUT2D eigenvalue weighted by molar-refractivity contribution is 5.82. The molecule has 0 amide bonds. The zero-order valence-corrected chi connectivity index (χ0v) is 27.9. The largest absolute Gasteiger partial charge is 0.508 e. The van der Waals surface area contributed by atoms with Crippen molar-refractivity contribution in [3.63, 3.8) is 0 Å². The van der Waals surface area contributed by atoms with Crippen LogP contribution in [-0.2, 0) is 24.2 Å². The van der Waals surface area contributed by atoms with Crippen molar-refractivity contribution in [2.45, 2.75) is 69.5 Å². The van der Waals surface area contributed by atoms with Crippen LogP contribution in [0, 0.1) is 23.7 Å². The van der Waals surface area contributed by atoms with Gasteiger partial charge in [0.1, 0.15) is 24.9 Å². The molecule has 9 nitrogen and oxygen atoms in total. The van der Waals surface area contributed by atoms with Crippen molar-refractivity contribution in [1.82, 2.24) is 0 Å². The average Bonchev–Trinajstić information content (AvgIpc) is 3.34. The molecule has 2 bridgehead atoms. The maximum absolute atomic E-state index is 13.9. The average molecular weight is 680 g/mol. The maximum atomic E-state index is 13.9. The fourth-order valence-electron chi connectivity index (χ4n) is 9.23. The number of hydrogen-bond donors (Lipinski definition) is 6. The lowest BCUT2D eigenvalue weighted by Gasteiger charge is -2.45. The van der Waals surface area contributed by atoms with E-state index in [1.165, 1.54) is 11.6 Å². The van der Waals surface area contributed by atoms with Gasteiger partial charge in [0.15, 0.2) is 23.0 Å². The summed E-state index contributed by atoms with van der Waals surface area (Å²) < 4.78 is 11.6. The summed E-state index contributed by atoms with van der Waals surface area (Å²) in [6, 6.07) is 23.7. The molecule has 0 radical (unpaired) electrons. The van der Waals surface area contributed by atoms with Crippen LogP contribution in [0.3, 0.4) is 0 Å². The van der Waals surface area contributed by atoms with Gasteiger partial charge in [0.05, 0.1) is 6.10 Å². The highest BCUT2D eigenvalue weighted by Gasteiger charge is 2.54. The standard InChI is InChI=1S/C41H45NO8/c42-22-50-35-17-24(10-14-33(35)45)9-13-32(44)30-12-11-26-18-28-19-27(15-23-5-2-1-3-6-23)36(38(26)39(30)47)31-20-34(46)40(48)41(37(28)31)49-21-25-7-4-8-29(43)16-25/h1-8,10,14,16-17,20,26-28,30,36,38-39,43,45-48H,9,11-13,15,18-19,21-22,42H2/t26-,27-,28-,30-,36+,38+,39-/m0/s1. The molecule has 4 aliphatic carbocycles. The number of aliphatic hydroxyl groups excluding tert-OH is 1. The molecule has 4 aromatic carbocycles. The number of aromatic hydroxyl groups is 4. The number of phenols is 4. The molecule has 0 aliphatic heterocycles. The van der Waals surface area contributed by atoms with E-state index in [0.29, 0.717) is 12.8 Å².